The fraction of sp³-hybridized carbons (Fsp3) is 0. The lowest BCUT2D eigenvalue weighted by atomic mass is 10.0. The monoisotopic (exact) mass is 360 g/mol. The molecule has 2 aromatic carbocycles. The van der Waals surface area contributed by atoms with Crippen molar-refractivity contribution < 1.29 is 9.90 Å². The summed E-state index contributed by atoms with van der Waals surface area (Å²) < 4.78 is 0. The van der Waals surface area contributed by atoms with Crippen LogP contribution in [0, 0.1) is 0 Å². The molecule has 0 heterocycles. The lowest BCUT2D eigenvalue weighted by molar-refractivity contribution is -0.131. The Morgan fingerprint density at radius 2 is 1.57 bits per heavy atom. The fourth-order valence-electron chi connectivity index (χ4n) is 1.80. The zero-order chi connectivity index (χ0) is 15.6. The molecule has 0 aliphatic rings. The molecule has 2 nitrogen and oxygen atoms in total. The average molecular weight is 362 g/mol. The molecule has 0 amide bonds. The van der Waals surface area contributed by atoms with Crippen LogP contribution in [-0.2, 0) is 4.79 Å². The highest BCUT2D eigenvalue weighted by molar-refractivity contribution is 6.43. The minimum Gasteiger partial charge on any atom is -0.478 e. The van der Waals surface area contributed by atoms with Crippen LogP contribution in [0.5, 0.6) is 0 Å². The van der Waals surface area contributed by atoms with Gasteiger partial charge in [0.2, 0.25) is 0 Å². The van der Waals surface area contributed by atoms with Crippen molar-refractivity contribution in [1.29, 1.82) is 0 Å². The average Bonchev–Trinajstić information content (AvgIpc) is 2.37. The predicted molar refractivity (Wildman–Crippen MR) is 88.6 cm³/mol. The summed E-state index contributed by atoms with van der Waals surface area (Å²) in [6.07, 6.45) is 2.48. The van der Waals surface area contributed by atoms with E-state index in [0.29, 0.717) is 36.8 Å². The van der Waals surface area contributed by atoms with Crippen molar-refractivity contribution in [3.05, 3.63) is 62.1 Å². The Hall–Kier alpha value is -1.19. The van der Waals surface area contributed by atoms with Crippen LogP contribution in [0.15, 0.2) is 36.4 Å². The molecule has 0 saturated carbocycles. The van der Waals surface area contributed by atoms with Crippen molar-refractivity contribution in [2.75, 3.05) is 0 Å². The summed E-state index contributed by atoms with van der Waals surface area (Å²) in [5, 5.41) is 10.2. The zero-order valence-corrected chi connectivity index (χ0v) is 13.4. The van der Waals surface area contributed by atoms with Crippen molar-refractivity contribution in [1.82, 2.24) is 0 Å². The van der Waals surface area contributed by atoms with Crippen LogP contribution in [0.4, 0.5) is 0 Å². The van der Waals surface area contributed by atoms with Gasteiger partial charge in [-0.15, -0.1) is 0 Å². The molecule has 0 unspecified atom stereocenters. The second-order valence-corrected chi connectivity index (χ2v) is 5.81. The van der Waals surface area contributed by atoms with Crippen LogP contribution < -0.4 is 0 Å². The molecule has 2 rings (SSSR count). The van der Waals surface area contributed by atoms with Crippen LogP contribution >= 0.6 is 46.4 Å². The molecular weight excluding hydrogens is 354 g/mol. The number of carboxylic acids is 1. The van der Waals surface area contributed by atoms with Crippen LogP contribution in [0.3, 0.4) is 0 Å². The summed E-state index contributed by atoms with van der Waals surface area (Å²) in [5.41, 5.74) is 1.89. The molecule has 0 aromatic heterocycles. The van der Waals surface area contributed by atoms with Gasteiger partial charge in [0.15, 0.2) is 0 Å². The minimum absolute atomic E-state index is 0.392. The highest BCUT2D eigenvalue weighted by atomic mass is 35.5. The van der Waals surface area contributed by atoms with Gasteiger partial charge in [-0.3, -0.25) is 0 Å². The summed E-state index contributed by atoms with van der Waals surface area (Å²) in [6.45, 7) is 0. The summed E-state index contributed by atoms with van der Waals surface area (Å²) >= 11 is 24.4. The van der Waals surface area contributed by atoms with E-state index in [-0.39, 0.29) is 0 Å². The minimum atomic E-state index is -1.03. The third-order valence-electron chi connectivity index (χ3n) is 2.69. The molecule has 108 valence electrons. The standard InChI is InChI=1S/C15H8Cl4O2/c16-9-6-12(18)15(13(19)7-9)10-3-1-8(5-11(10)17)2-4-14(20)21/h1-7H,(H,20,21)/b4-2+. The van der Waals surface area contributed by atoms with Gasteiger partial charge < -0.3 is 5.11 Å². The molecule has 0 atom stereocenters. The van der Waals surface area contributed by atoms with E-state index < -0.39 is 5.97 Å². The molecule has 0 bridgehead atoms. The van der Waals surface area contributed by atoms with E-state index in [0.717, 1.165) is 6.08 Å². The zero-order valence-electron chi connectivity index (χ0n) is 10.4. The van der Waals surface area contributed by atoms with Gasteiger partial charge in [-0.1, -0.05) is 58.5 Å². The van der Waals surface area contributed by atoms with Crippen LogP contribution in [0.1, 0.15) is 5.56 Å². The van der Waals surface area contributed by atoms with Crippen molar-refractivity contribution in [3.63, 3.8) is 0 Å². The second kappa shape index (κ2) is 6.71. The number of benzene rings is 2. The first-order valence-electron chi connectivity index (χ1n) is 5.74. The molecule has 1 N–H and O–H groups in total. The van der Waals surface area contributed by atoms with Gasteiger partial charge in [-0.05, 0) is 29.8 Å². The van der Waals surface area contributed by atoms with Gasteiger partial charge in [-0.25, -0.2) is 4.79 Å². The SMILES string of the molecule is O=C(O)/C=C/c1ccc(-c2c(Cl)cc(Cl)cc2Cl)c(Cl)c1. The lowest BCUT2D eigenvalue weighted by Crippen LogP contribution is -1.87. The molecule has 0 fully saturated rings. The first kappa shape index (κ1) is 16.2. The molecular formula is C15H8Cl4O2. The predicted octanol–water partition coefficient (Wildman–Crippen LogP) is 6.07. The quantitative estimate of drug-likeness (QED) is 0.674. The summed E-state index contributed by atoms with van der Waals surface area (Å²) in [4.78, 5) is 10.5. The van der Waals surface area contributed by atoms with Gasteiger partial charge in [-0.2, -0.15) is 0 Å². The van der Waals surface area contributed by atoms with E-state index >= 15 is 0 Å². The first-order chi connectivity index (χ1) is 9.88. The third-order valence-corrected chi connectivity index (χ3v) is 3.81. The highest BCUT2D eigenvalue weighted by Crippen LogP contribution is 2.40. The fourth-order valence-corrected chi connectivity index (χ4v) is 3.11. The van der Waals surface area contributed by atoms with E-state index in [1.807, 2.05) is 0 Å². The lowest BCUT2D eigenvalue weighted by Gasteiger charge is -2.10. The van der Waals surface area contributed by atoms with Crippen molar-refractivity contribution in [3.8, 4) is 11.1 Å². The number of hydrogen-bond donors (Lipinski definition) is 1. The molecule has 21 heavy (non-hydrogen) atoms. The summed E-state index contributed by atoms with van der Waals surface area (Å²) in [6, 6.07) is 8.25. The van der Waals surface area contributed by atoms with E-state index in [1.54, 1.807) is 30.3 Å². The third kappa shape index (κ3) is 3.92. The van der Waals surface area contributed by atoms with Crippen molar-refractivity contribution >= 4 is 58.4 Å². The smallest absolute Gasteiger partial charge is 0.328 e. The molecule has 0 radical (unpaired) electrons. The van der Waals surface area contributed by atoms with E-state index in [4.69, 9.17) is 51.5 Å². The second-order valence-electron chi connectivity index (χ2n) is 4.16. The van der Waals surface area contributed by atoms with E-state index in [2.05, 4.69) is 0 Å². The summed E-state index contributed by atoms with van der Waals surface area (Å²) in [5.74, 6) is -1.03. The van der Waals surface area contributed by atoms with Gasteiger partial charge in [0, 0.05) is 27.2 Å². The number of rotatable bonds is 3. The van der Waals surface area contributed by atoms with E-state index in [9.17, 15) is 4.79 Å². The molecule has 0 spiro atoms. The molecule has 0 aliphatic carbocycles. The first-order valence-corrected chi connectivity index (χ1v) is 7.25. The Balaban J connectivity index is 2.49. The Kier molecular flexibility index (Phi) is 5.17. The Bertz CT molecular complexity index is 715. The Labute approximate surface area is 141 Å². The number of aliphatic carboxylic acids is 1. The largest absolute Gasteiger partial charge is 0.478 e. The van der Waals surface area contributed by atoms with Gasteiger partial charge in [0.1, 0.15) is 0 Å². The molecule has 0 aliphatic heterocycles. The molecule has 0 saturated heterocycles. The van der Waals surface area contributed by atoms with Gasteiger partial charge in [0.25, 0.3) is 0 Å². The highest BCUT2D eigenvalue weighted by Gasteiger charge is 2.13. The topological polar surface area (TPSA) is 37.3 Å². The van der Waals surface area contributed by atoms with Crippen molar-refractivity contribution in [2.45, 2.75) is 0 Å². The number of carboxylic acid groups (broad SMARTS) is 1. The van der Waals surface area contributed by atoms with Crippen LogP contribution in [-0.4, -0.2) is 11.1 Å². The molecule has 6 heteroatoms. The van der Waals surface area contributed by atoms with Gasteiger partial charge in [0.05, 0.1) is 10.0 Å². The van der Waals surface area contributed by atoms with Crippen molar-refractivity contribution in [2.24, 2.45) is 0 Å². The Morgan fingerprint density at radius 1 is 0.952 bits per heavy atom. The van der Waals surface area contributed by atoms with Gasteiger partial charge >= 0.3 is 5.97 Å². The number of carbonyl (C=O) groups is 1. The number of hydrogen-bond acceptors (Lipinski definition) is 1. The maximum absolute atomic E-state index is 10.5. The Morgan fingerprint density at radius 3 is 2.10 bits per heavy atom. The van der Waals surface area contributed by atoms with Crippen LogP contribution in [0.25, 0.3) is 17.2 Å². The summed E-state index contributed by atoms with van der Waals surface area (Å²) in [7, 11) is 0. The molecule has 2 aromatic rings. The number of halogens is 4. The van der Waals surface area contributed by atoms with E-state index in [1.165, 1.54) is 6.08 Å². The van der Waals surface area contributed by atoms with Crippen LogP contribution in [0.2, 0.25) is 20.1 Å². The normalized spacial score (nSPS) is 11.0. The maximum Gasteiger partial charge on any atom is 0.328 e. The maximum atomic E-state index is 10.5.